The lowest BCUT2D eigenvalue weighted by Crippen LogP contribution is -2.51. The van der Waals surface area contributed by atoms with Crippen LogP contribution in [0.15, 0.2) is 18.2 Å². The molecule has 3 amide bonds. The number of nitrogens with one attached hydrogen (secondary N) is 2. The van der Waals surface area contributed by atoms with Crippen LogP contribution in [0.3, 0.4) is 0 Å². The molecule has 2 aliphatic heterocycles. The monoisotopic (exact) mass is 376 g/mol. The average molecular weight is 376 g/mol. The number of carbonyl (C=O) groups excluding carboxylic acids is 2. The number of ether oxygens (including phenoxy) is 2. The summed E-state index contributed by atoms with van der Waals surface area (Å²) in [6.07, 6.45) is 0. The van der Waals surface area contributed by atoms with Gasteiger partial charge < -0.3 is 14.8 Å². The van der Waals surface area contributed by atoms with Crippen LogP contribution in [0, 0.1) is 5.92 Å². The molecule has 0 bridgehead atoms. The van der Waals surface area contributed by atoms with E-state index in [-0.39, 0.29) is 19.2 Å². The average Bonchev–Trinajstić information content (AvgIpc) is 3.09. The zero-order chi connectivity index (χ0) is 19.2. The molecule has 0 aromatic heterocycles. The quantitative estimate of drug-likeness (QED) is 0.771. The summed E-state index contributed by atoms with van der Waals surface area (Å²) >= 11 is 0. The summed E-state index contributed by atoms with van der Waals surface area (Å²) in [5, 5.41) is 5.07. The van der Waals surface area contributed by atoms with Gasteiger partial charge in [-0.15, -0.1) is 0 Å². The van der Waals surface area contributed by atoms with Crippen molar-refractivity contribution in [3.63, 3.8) is 0 Å². The SMILES string of the molecule is CC(C)CNC(=O)NC(=O)CN1CCN(Cc2ccc3c(c2)OCO3)CC1. The maximum atomic E-state index is 12.0. The molecule has 2 heterocycles. The zero-order valence-corrected chi connectivity index (χ0v) is 16.0. The Labute approximate surface area is 159 Å². The summed E-state index contributed by atoms with van der Waals surface area (Å²) in [7, 11) is 0. The van der Waals surface area contributed by atoms with E-state index in [0.717, 1.165) is 44.2 Å². The molecule has 0 radical (unpaired) electrons. The first kappa shape index (κ1) is 19.4. The second-order valence-corrected chi connectivity index (χ2v) is 7.39. The standard InChI is InChI=1S/C19H28N4O4/c1-14(2)10-20-19(25)21-18(24)12-23-7-5-22(6-8-23)11-15-3-4-16-17(9-15)27-13-26-16/h3-4,9,14H,5-8,10-13H2,1-2H3,(H2,20,21,24,25). The van der Waals surface area contributed by atoms with Gasteiger partial charge in [0.15, 0.2) is 11.5 Å². The predicted molar refractivity (Wildman–Crippen MR) is 101 cm³/mol. The van der Waals surface area contributed by atoms with Crippen molar-refractivity contribution in [3.05, 3.63) is 23.8 Å². The maximum Gasteiger partial charge on any atom is 0.321 e. The Balaban J connectivity index is 1.37. The van der Waals surface area contributed by atoms with E-state index in [1.807, 2.05) is 26.0 Å². The number of benzene rings is 1. The minimum absolute atomic E-state index is 0.243. The maximum absolute atomic E-state index is 12.0. The first-order valence-corrected chi connectivity index (χ1v) is 9.40. The summed E-state index contributed by atoms with van der Waals surface area (Å²) in [6.45, 7) is 9.28. The zero-order valence-electron chi connectivity index (χ0n) is 16.0. The van der Waals surface area contributed by atoms with Crippen molar-refractivity contribution in [1.82, 2.24) is 20.4 Å². The fourth-order valence-electron chi connectivity index (χ4n) is 3.11. The molecule has 27 heavy (non-hydrogen) atoms. The molecule has 0 saturated carbocycles. The van der Waals surface area contributed by atoms with Crippen LogP contribution in [0.4, 0.5) is 4.79 Å². The number of fused-ring (bicyclic) bond motifs is 1. The van der Waals surface area contributed by atoms with Gasteiger partial charge in [-0.05, 0) is 23.6 Å². The molecule has 0 unspecified atom stereocenters. The Kier molecular flexibility index (Phi) is 6.52. The van der Waals surface area contributed by atoms with Gasteiger partial charge in [0.1, 0.15) is 0 Å². The van der Waals surface area contributed by atoms with Crippen LogP contribution in [-0.4, -0.2) is 67.8 Å². The molecule has 8 nitrogen and oxygen atoms in total. The van der Waals surface area contributed by atoms with Crippen LogP contribution in [-0.2, 0) is 11.3 Å². The minimum atomic E-state index is -0.421. The highest BCUT2D eigenvalue weighted by Gasteiger charge is 2.21. The molecule has 2 aliphatic rings. The van der Waals surface area contributed by atoms with Crippen molar-refractivity contribution in [2.45, 2.75) is 20.4 Å². The second-order valence-electron chi connectivity index (χ2n) is 7.39. The molecule has 2 N–H and O–H groups in total. The van der Waals surface area contributed by atoms with Crippen molar-refractivity contribution in [2.75, 3.05) is 46.1 Å². The van der Waals surface area contributed by atoms with Crippen LogP contribution in [0.5, 0.6) is 11.5 Å². The molecule has 0 spiro atoms. The van der Waals surface area contributed by atoms with Crippen molar-refractivity contribution in [2.24, 2.45) is 5.92 Å². The van der Waals surface area contributed by atoms with Gasteiger partial charge in [0.2, 0.25) is 12.7 Å². The van der Waals surface area contributed by atoms with E-state index >= 15 is 0 Å². The summed E-state index contributed by atoms with van der Waals surface area (Å²) in [5.41, 5.74) is 1.19. The Morgan fingerprint density at radius 3 is 2.52 bits per heavy atom. The largest absolute Gasteiger partial charge is 0.454 e. The smallest absolute Gasteiger partial charge is 0.321 e. The molecular weight excluding hydrogens is 348 g/mol. The van der Waals surface area contributed by atoms with Crippen molar-refractivity contribution < 1.29 is 19.1 Å². The van der Waals surface area contributed by atoms with E-state index in [9.17, 15) is 9.59 Å². The van der Waals surface area contributed by atoms with E-state index in [4.69, 9.17) is 9.47 Å². The summed E-state index contributed by atoms with van der Waals surface area (Å²) < 4.78 is 10.8. The Morgan fingerprint density at radius 2 is 1.78 bits per heavy atom. The molecule has 1 fully saturated rings. The number of rotatable bonds is 6. The highest BCUT2D eigenvalue weighted by atomic mass is 16.7. The highest BCUT2D eigenvalue weighted by molar-refractivity contribution is 5.95. The van der Waals surface area contributed by atoms with Gasteiger partial charge in [0.25, 0.3) is 0 Å². The topological polar surface area (TPSA) is 83.1 Å². The number of urea groups is 1. The Morgan fingerprint density at radius 1 is 1.07 bits per heavy atom. The molecule has 1 saturated heterocycles. The molecule has 8 heteroatoms. The first-order valence-electron chi connectivity index (χ1n) is 9.40. The van der Waals surface area contributed by atoms with E-state index in [2.05, 4.69) is 26.5 Å². The third-order valence-electron chi connectivity index (χ3n) is 4.60. The highest BCUT2D eigenvalue weighted by Crippen LogP contribution is 2.32. The molecule has 0 atom stereocenters. The Bertz CT molecular complexity index is 672. The van der Waals surface area contributed by atoms with Crippen LogP contribution < -0.4 is 20.1 Å². The number of piperazine rings is 1. The van der Waals surface area contributed by atoms with Gasteiger partial charge in [-0.3, -0.25) is 19.9 Å². The van der Waals surface area contributed by atoms with Crippen LogP contribution in [0.25, 0.3) is 0 Å². The molecule has 1 aromatic rings. The number of amides is 3. The van der Waals surface area contributed by atoms with E-state index in [0.29, 0.717) is 12.5 Å². The lowest BCUT2D eigenvalue weighted by molar-refractivity contribution is -0.121. The fourth-order valence-corrected chi connectivity index (χ4v) is 3.11. The van der Waals surface area contributed by atoms with Gasteiger partial charge in [0, 0.05) is 39.3 Å². The predicted octanol–water partition coefficient (Wildman–Crippen LogP) is 1.01. The third kappa shape index (κ3) is 5.83. The number of hydrogen-bond donors (Lipinski definition) is 2. The van der Waals surface area contributed by atoms with Crippen LogP contribution in [0.1, 0.15) is 19.4 Å². The molecular formula is C19H28N4O4. The number of carbonyl (C=O) groups is 2. The van der Waals surface area contributed by atoms with Crippen LogP contribution >= 0.6 is 0 Å². The molecule has 0 aliphatic carbocycles. The summed E-state index contributed by atoms with van der Waals surface area (Å²) in [4.78, 5) is 28.1. The second kappa shape index (κ2) is 9.05. The van der Waals surface area contributed by atoms with Gasteiger partial charge in [-0.2, -0.15) is 0 Å². The fraction of sp³-hybridized carbons (Fsp3) is 0.579. The molecule has 148 valence electrons. The van der Waals surface area contributed by atoms with Crippen LogP contribution in [0.2, 0.25) is 0 Å². The number of imide groups is 1. The lowest BCUT2D eigenvalue weighted by Gasteiger charge is -2.34. The summed E-state index contributed by atoms with van der Waals surface area (Å²) in [6, 6.07) is 5.61. The first-order chi connectivity index (χ1) is 13.0. The normalized spacial score (nSPS) is 17.1. The number of nitrogens with zero attached hydrogens (tertiary/aromatic N) is 2. The minimum Gasteiger partial charge on any atom is -0.454 e. The van der Waals surface area contributed by atoms with Crippen molar-refractivity contribution >= 4 is 11.9 Å². The van der Waals surface area contributed by atoms with E-state index < -0.39 is 6.03 Å². The third-order valence-corrected chi connectivity index (χ3v) is 4.60. The van der Waals surface area contributed by atoms with Crippen molar-refractivity contribution in [1.29, 1.82) is 0 Å². The van der Waals surface area contributed by atoms with Gasteiger partial charge in [-0.1, -0.05) is 19.9 Å². The molecule has 1 aromatic carbocycles. The van der Waals surface area contributed by atoms with Gasteiger partial charge in [-0.25, -0.2) is 4.79 Å². The van der Waals surface area contributed by atoms with Gasteiger partial charge >= 0.3 is 6.03 Å². The summed E-state index contributed by atoms with van der Waals surface area (Å²) in [5.74, 6) is 1.69. The van der Waals surface area contributed by atoms with Gasteiger partial charge in [0.05, 0.1) is 6.54 Å². The van der Waals surface area contributed by atoms with E-state index in [1.165, 1.54) is 5.56 Å². The molecule has 3 rings (SSSR count). The van der Waals surface area contributed by atoms with Crippen molar-refractivity contribution in [3.8, 4) is 11.5 Å². The lowest BCUT2D eigenvalue weighted by atomic mass is 10.1. The Hall–Kier alpha value is -2.32. The number of hydrogen-bond acceptors (Lipinski definition) is 6. The van der Waals surface area contributed by atoms with E-state index in [1.54, 1.807) is 0 Å².